The van der Waals surface area contributed by atoms with Crippen LogP contribution in [0.2, 0.25) is 10.4 Å². The van der Waals surface area contributed by atoms with Gasteiger partial charge in [0, 0.05) is 17.8 Å². The third-order valence-electron chi connectivity index (χ3n) is 3.86. The number of hydrogen-bond acceptors (Lipinski definition) is 8. The molecule has 0 bridgehead atoms. The van der Waals surface area contributed by atoms with Crippen LogP contribution in [0.4, 0.5) is 11.5 Å². The lowest BCUT2D eigenvalue weighted by Gasteiger charge is -2.08. The van der Waals surface area contributed by atoms with E-state index in [1.54, 1.807) is 18.2 Å². The number of nitrogens with zero attached hydrogens (tertiary/aromatic N) is 5. The Hall–Kier alpha value is -2.99. The van der Waals surface area contributed by atoms with E-state index in [0.717, 1.165) is 12.1 Å². The first-order chi connectivity index (χ1) is 13.7. The summed E-state index contributed by atoms with van der Waals surface area (Å²) in [5, 5.41) is 21.4. The normalized spacial score (nSPS) is 11.7. The molecule has 3 N–H and O–H groups in total. The van der Waals surface area contributed by atoms with Crippen LogP contribution in [0.3, 0.4) is 0 Å². The van der Waals surface area contributed by atoms with E-state index in [1.807, 2.05) is 0 Å². The highest BCUT2D eigenvalue weighted by atomic mass is 35.5. The van der Waals surface area contributed by atoms with Crippen LogP contribution >= 0.6 is 23.2 Å². The Labute approximate surface area is 173 Å². The van der Waals surface area contributed by atoms with Crippen LogP contribution in [0.25, 0.3) is 16.7 Å². The Bertz CT molecular complexity index is 1340. The standard InChI is InChI=1S/C16H10Cl2N6O4S/c17-14-7-15(21-16(18)20-14)19-8-1-3-11-10(5-8)22-23-24(11)12-4-2-9(6-13(12)25)29(26,27)28/h1-7,25H,(H,19,20,21)(H,26,27,28). The molecule has 2 heterocycles. The lowest BCUT2D eigenvalue weighted by Crippen LogP contribution is -2.01. The molecule has 0 amide bonds. The molecule has 0 aliphatic carbocycles. The SMILES string of the molecule is O=S(=O)(O)c1ccc(-n2nnc3cc(Nc4cc(Cl)nc(Cl)n4)ccc32)c(O)c1. The smallest absolute Gasteiger partial charge is 0.294 e. The summed E-state index contributed by atoms with van der Waals surface area (Å²) in [7, 11) is -4.44. The van der Waals surface area contributed by atoms with Crippen molar-refractivity contribution in [3.05, 3.63) is 52.9 Å². The van der Waals surface area contributed by atoms with E-state index in [1.165, 1.54) is 16.8 Å². The van der Waals surface area contributed by atoms with Crippen LogP contribution in [0, 0.1) is 0 Å². The molecule has 0 saturated carbocycles. The monoisotopic (exact) mass is 452 g/mol. The predicted octanol–water partition coefficient (Wildman–Crippen LogP) is 3.21. The molecular weight excluding hydrogens is 443 g/mol. The fourth-order valence-corrected chi connectivity index (χ4v) is 3.53. The molecule has 0 aliphatic heterocycles. The van der Waals surface area contributed by atoms with E-state index in [-0.39, 0.29) is 21.9 Å². The molecule has 0 radical (unpaired) electrons. The zero-order chi connectivity index (χ0) is 20.8. The number of nitrogens with one attached hydrogen (secondary N) is 1. The van der Waals surface area contributed by atoms with Crippen LogP contribution in [0.1, 0.15) is 0 Å². The van der Waals surface area contributed by atoms with Gasteiger partial charge in [0.15, 0.2) is 0 Å². The number of aromatic nitrogens is 5. The molecule has 2 aromatic heterocycles. The number of anilines is 2. The van der Waals surface area contributed by atoms with E-state index in [4.69, 9.17) is 27.8 Å². The maximum Gasteiger partial charge on any atom is 0.294 e. The maximum atomic E-state index is 11.2. The van der Waals surface area contributed by atoms with E-state index < -0.39 is 15.0 Å². The molecule has 0 spiro atoms. The van der Waals surface area contributed by atoms with Gasteiger partial charge < -0.3 is 10.4 Å². The van der Waals surface area contributed by atoms with Gasteiger partial charge >= 0.3 is 0 Å². The number of hydrogen-bond donors (Lipinski definition) is 3. The average Bonchev–Trinajstić information content (AvgIpc) is 3.03. The Balaban J connectivity index is 1.70. The van der Waals surface area contributed by atoms with E-state index in [9.17, 15) is 13.5 Å². The van der Waals surface area contributed by atoms with Crippen molar-refractivity contribution in [1.82, 2.24) is 25.0 Å². The molecule has 4 aromatic rings. The number of rotatable bonds is 4. The van der Waals surface area contributed by atoms with Gasteiger partial charge in [0.2, 0.25) is 5.28 Å². The fraction of sp³-hybridized carbons (Fsp3) is 0. The first-order valence-electron chi connectivity index (χ1n) is 7.84. The van der Waals surface area contributed by atoms with Crippen LogP contribution in [-0.2, 0) is 10.1 Å². The van der Waals surface area contributed by atoms with Crippen molar-refractivity contribution < 1.29 is 18.1 Å². The molecule has 148 valence electrons. The molecule has 10 nitrogen and oxygen atoms in total. The molecule has 0 saturated heterocycles. The van der Waals surface area contributed by atoms with E-state index >= 15 is 0 Å². The van der Waals surface area contributed by atoms with Crippen molar-refractivity contribution in [2.45, 2.75) is 4.90 Å². The molecule has 29 heavy (non-hydrogen) atoms. The van der Waals surface area contributed by atoms with Crippen LogP contribution in [0.5, 0.6) is 5.75 Å². The molecule has 2 aromatic carbocycles. The van der Waals surface area contributed by atoms with E-state index in [2.05, 4.69) is 25.6 Å². The molecular formula is C16H10Cl2N6O4S. The number of phenols is 1. The topological polar surface area (TPSA) is 143 Å². The lowest BCUT2D eigenvalue weighted by atomic mass is 10.2. The minimum atomic E-state index is -4.44. The predicted molar refractivity (Wildman–Crippen MR) is 106 cm³/mol. The largest absolute Gasteiger partial charge is 0.506 e. The minimum Gasteiger partial charge on any atom is -0.506 e. The van der Waals surface area contributed by atoms with Gasteiger partial charge in [0.1, 0.15) is 27.9 Å². The Morgan fingerprint density at radius 2 is 1.83 bits per heavy atom. The number of fused-ring (bicyclic) bond motifs is 1. The van der Waals surface area contributed by atoms with Crippen molar-refractivity contribution in [2.24, 2.45) is 0 Å². The zero-order valence-corrected chi connectivity index (χ0v) is 16.5. The highest BCUT2D eigenvalue weighted by molar-refractivity contribution is 7.85. The summed E-state index contributed by atoms with van der Waals surface area (Å²) >= 11 is 11.6. The Morgan fingerprint density at radius 1 is 1.03 bits per heavy atom. The molecule has 0 atom stereocenters. The third-order valence-corrected chi connectivity index (χ3v) is 5.07. The maximum absolute atomic E-state index is 11.2. The van der Waals surface area contributed by atoms with Gasteiger partial charge in [0.05, 0.1) is 10.4 Å². The van der Waals surface area contributed by atoms with Crippen molar-refractivity contribution >= 4 is 55.9 Å². The van der Waals surface area contributed by atoms with E-state index in [0.29, 0.717) is 22.5 Å². The first kappa shape index (κ1) is 19.3. The minimum absolute atomic E-state index is 0.00385. The zero-order valence-electron chi connectivity index (χ0n) is 14.2. The van der Waals surface area contributed by atoms with Gasteiger partial charge in [-0.15, -0.1) is 5.10 Å². The molecule has 4 rings (SSSR count). The van der Waals surface area contributed by atoms with Gasteiger partial charge in [-0.05, 0) is 41.9 Å². The molecule has 0 fully saturated rings. The molecule has 0 aliphatic rings. The van der Waals surface area contributed by atoms with Crippen LogP contribution in [0.15, 0.2) is 47.4 Å². The first-order valence-corrected chi connectivity index (χ1v) is 10.0. The number of aromatic hydroxyl groups is 1. The summed E-state index contributed by atoms with van der Waals surface area (Å²) in [6.07, 6.45) is 0. The summed E-state index contributed by atoms with van der Waals surface area (Å²) in [5.74, 6) is -0.000385. The molecule has 0 unspecified atom stereocenters. The summed E-state index contributed by atoms with van der Waals surface area (Å²) < 4.78 is 32.8. The van der Waals surface area contributed by atoms with Crippen LogP contribution in [-0.4, -0.2) is 43.0 Å². The highest BCUT2D eigenvalue weighted by Crippen LogP contribution is 2.28. The second-order valence-corrected chi connectivity index (χ2v) is 7.95. The van der Waals surface area contributed by atoms with Crippen LogP contribution < -0.4 is 5.32 Å². The highest BCUT2D eigenvalue weighted by Gasteiger charge is 2.16. The number of phenolic OH excluding ortho intramolecular Hbond substituents is 1. The van der Waals surface area contributed by atoms with Gasteiger partial charge in [0.25, 0.3) is 10.1 Å². The summed E-state index contributed by atoms with van der Waals surface area (Å²) in [4.78, 5) is 7.35. The Morgan fingerprint density at radius 3 is 2.52 bits per heavy atom. The quantitative estimate of drug-likeness (QED) is 0.241. The second-order valence-electron chi connectivity index (χ2n) is 5.80. The van der Waals surface area contributed by atoms with Gasteiger partial charge in [-0.25, -0.2) is 14.6 Å². The number of benzene rings is 2. The second kappa shape index (κ2) is 7.12. The van der Waals surface area contributed by atoms with Crippen molar-refractivity contribution in [3.63, 3.8) is 0 Å². The Kier molecular flexibility index (Phi) is 4.74. The van der Waals surface area contributed by atoms with Gasteiger partial charge in [-0.3, -0.25) is 4.55 Å². The van der Waals surface area contributed by atoms with Gasteiger partial charge in [-0.1, -0.05) is 16.8 Å². The van der Waals surface area contributed by atoms with Crippen molar-refractivity contribution in [2.75, 3.05) is 5.32 Å². The third kappa shape index (κ3) is 3.93. The average molecular weight is 453 g/mol. The van der Waals surface area contributed by atoms with Crippen molar-refractivity contribution in [3.8, 4) is 11.4 Å². The summed E-state index contributed by atoms with van der Waals surface area (Å²) in [6, 6.07) is 9.99. The molecule has 13 heteroatoms. The summed E-state index contributed by atoms with van der Waals surface area (Å²) in [5.41, 5.74) is 1.85. The number of halogens is 2. The summed E-state index contributed by atoms with van der Waals surface area (Å²) in [6.45, 7) is 0. The van der Waals surface area contributed by atoms with Crippen molar-refractivity contribution in [1.29, 1.82) is 0 Å². The van der Waals surface area contributed by atoms with Gasteiger partial charge in [-0.2, -0.15) is 8.42 Å². The fourth-order valence-electron chi connectivity index (χ4n) is 2.62. The lowest BCUT2D eigenvalue weighted by molar-refractivity contribution is 0.462.